The van der Waals surface area contributed by atoms with Crippen LogP contribution in [0.1, 0.15) is 0 Å². The van der Waals surface area contributed by atoms with Crippen molar-refractivity contribution >= 4 is 43.8 Å². The Labute approximate surface area is 185 Å². The Morgan fingerprint density at radius 3 is 1.97 bits per heavy atom. The Balaban J connectivity index is 1.67. The van der Waals surface area contributed by atoms with E-state index < -0.39 is 0 Å². The maximum absolute atomic E-state index is 3.64. The van der Waals surface area contributed by atoms with Crippen LogP contribution in [0.15, 0.2) is 126 Å². The molecular formula is C28H20BrN. The lowest BCUT2D eigenvalue weighted by Gasteiger charge is -2.27. The molecule has 5 aromatic rings. The Morgan fingerprint density at radius 2 is 1.17 bits per heavy atom. The highest BCUT2D eigenvalue weighted by atomic mass is 79.9. The molecule has 0 bridgehead atoms. The lowest BCUT2D eigenvalue weighted by Crippen LogP contribution is -2.10. The first-order valence-corrected chi connectivity index (χ1v) is 10.8. The van der Waals surface area contributed by atoms with Gasteiger partial charge in [-0.05, 0) is 52.9 Å². The van der Waals surface area contributed by atoms with Crippen LogP contribution in [0.25, 0.3) is 21.9 Å². The summed E-state index contributed by atoms with van der Waals surface area (Å²) in [6.45, 7) is 0. The van der Waals surface area contributed by atoms with Gasteiger partial charge in [0.1, 0.15) is 0 Å². The van der Waals surface area contributed by atoms with Crippen LogP contribution in [-0.4, -0.2) is 0 Å². The molecule has 0 heterocycles. The SMILES string of the molecule is Brc1cccc(N(c2ccc(-c3ccccc3)cc2)c2cccc3ccccc23)c1. The summed E-state index contributed by atoms with van der Waals surface area (Å²) in [4.78, 5) is 2.32. The standard InChI is InChI=1S/C28H20BrN/c29-24-12-7-13-26(20-24)30(28-15-6-11-23-10-4-5-14-27(23)28)25-18-16-22(17-19-25)21-8-2-1-3-9-21/h1-20H. The average molecular weight is 450 g/mol. The van der Waals surface area contributed by atoms with E-state index in [-0.39, 0.29) is 0 Å². The van der Waals surface area contributed by atoms with E-state index in [0.29, 0.717) is 0 Å². The van der Waals surface area contributed by atoms with E-state index in [1.54, 1.807) is 0 Å². The second kappa shape index (κ2) is 8.17. The second-order valence-electron chi connectivity index (χ2n) is 7.23. The zero-order valence-corrected chi connectivity index (χ0v) is 18.0. The topological polar surface area (TPSA) is 3.24 Å². The normalized spacial score (nSPS) is 10.8. The molecule has 0 saturated heterocycles. The highest BCUT2D eigenvalue weighted by Crippen LogP contribution is 2.40. The van der Waals surface area contributed by atoms with Gasteiger partial charge >= 0.3 is 0 Å². The van der Waals surface area contributed by atoms with Gasteiger partial charge in [-0.25, -0.2) is 0 Å². The summed E-state index contributed by atoms with van der Waals surface area (Å²) in [6.07, 6.45) is 0. The molecule has 144 valence electrons. The fraction of sp³-hybridized carbons (Fsp3) is 0. The van der Waals surface area contributed by atoms with Gasteiger partial charge in [-0.1, -0.05) is 101 Å². The maximum Gasteiger partial charge on any atom is 0.0540 e. The summed E-state index contributed by atoms with van der Waals surface area (Å²) in [5, 5.41) is 2.46. The van der Waals surface area contributed by atoms with E-state index in [1.807, 2.05) is 6.07 Å². The van der Waals surface area contributed by atoms with E-state index >= 15 is 0 Å². The monoisotopic (exact) mass is 449 g/mol. The molecule has 0 spiro atoms. The molecule has 0 N–H and O–H groups in total. The smallest absolute Gasteiger partial charge is 0.0540 e. The van der Waals surface area contributed by atoms with Crippen LogP contribution in [0.5, 0.6) is 0 Å². The van der Waals surface area contributed by atoms with Gasteiger partial charge in [0.05, 0.1) is 5.69 Å². The van der Waals surface area contributed by atoms with Gasteiger partial charge < -0.3 is 4.90 Å². The lowest BCUT2D eigenvalue weighted by molar-refractivity contribution is 1.29. The number of nitrogens with zero attached hydrogens (tertiary/aromatic N) is 1. The lowest BCUT2D eigenvalue weighted by atomic mass is 10.0. The first-order valence-electron chi connectivity index (χ1n) is 9.98. The molecule has 0 saturated carbocycles. The summed E-state index contributed by atoms with van der Waals surface area (Å²) in [5.41, 5.74) is 5.85. The molecule has 0 aliphatic heterocycles. The highest BCUT2D eigenvalue weighted by molar-refractivity contribution is 9.10. The minimum absolute atomic E-state index is 1.06. The molecular weight excluding hydrogens is 430 g/mol. The van der Waals surface area contributed by atoms with Crippen molar-refractivity contribution in [1.29, 1.82) is 0 Å². The predicted octanol–water partition coefficient (Wildman–Crippen LogP) is 8.74. The summed E-state index contributed by atoms with van der Waals surface area (Å²) in [6, 6.07) is 42.7. The first-order chi connectivity index (χ1) is 14.8. The molecule has 30 heavy (non-hydrogen) atoms. The summed E-state index contributed by atoms with van der Waals surface area (Å²) < 4.78 is 1.06. The maximum atomic E-state index is 3.64. The van der Waals surface area contributed by atoms with E-state index in [2.05, 4.69) is 136 Å². The molecule has 0 unspecified atom stereocenters. The quantitative estimate of drug-likeness (QED) is 0.265. The summed E-state index contributed by atoms with van der Waals surface area (Å²) in [7, 11) is 0. The first kappa shape index (κ1) is 18.7. The highest BCUT2D eigenvalue weighted by Gasteiger charge is 2.15. The number of hydrogen-bond donors (Lipinski definition) is 0. The van der Waals surface area contributed by atoms with E-state index in [0.717, 1.165) is 15.8 Å². The Morgan fingerprint density at radius 1 is 0.500 bits per heavy atom. The Kier molecular flexibility index (Phi) is 5.08. The number of halogens is 1. The van der Waals surface area contributed by atoms with Crippen LogP contribution in [0.2, 0.25) is 0 Å². The van der Waals surface area contributed by atoms with Crippen LogP contribution in [-0.2, 0) is 0 Å². The van der Waals surface area contributed by atoms with Crippen molar-refractivity contribution in [3.05, 3.63) is 126 Å². The second-order valence-corrected chi connectivity index (χ2v) is 8.14. The van der Waals surface area contributed by atoms with E-state index in [9.17, 15) is 0 Å². The minimum Gasteiger partial charge on any atom is -0.310 e. The third-order valence-corrected chi connectivity index (χ3v) is 5.80. The van der Waals surface area contributed by atoms with Crippen molar-refractivity contribution in [1.82, 2.24) is 0 Å². The molecule has 2 heteroatoms. The van der Waals surface area contributed by atoms with Crippen LogP contribution < -0.4 is 4.90 Å². The van der Waals surface area contributed by atoms with Crippen LogP contribution in [0, 0.1) is 0 Å². The van der Waals surface area contributed by atoms with Crippen LogP contribution in [0.4, 0.5) is 17.1 Å². The molecule has 5 rings (SSSR count). The zero-order chi connectivity index (χ0) is 20.3. The number of anilines is 3. The van der Waals surface area contributed by atoms with Crippen molar-refractivity contribution in [3.63, 3.8) is 0 Å². The third kappa shape index (κ3) is 3.62. The molecule has 0 radical (unpaired) electrons. The zero-order valence-electron chi connectivity index (χ0n) is 16.4. The van der Waals surface area contributed by atoms with Gasteiger partial charge in [-0.15, -0.1) is 0 Å². The molecule has 0 atom stereocenters. The van der Waals surface area contributed by atoms with Crippen molar-refractivity contribution in [2.24, 2.45) is 0 Å². The van der Waals surface area contributed by atoms with Crippen molar-refractivity contribution in [2.45, 2.75) is 0 Å². The average Bonchev–Trinajstić information content (AvgIpc) is 2.81. The fourth-order valence-corrected chi connectivity index (χ4v) is 4.27. The van der Waals surface area contributed by atoms with Crippen molar-refractivity contribution < 1.29 is 0 Å². The molecule has 0 aliphatic rings. The minimum atomic E-state index is 1.06. The van der Waals surface area contributed by atoms with Crippen LogP contribution in [0.3, 0.4) is 0 Å². The van der Waals surface area contributed by atoms with Crippen molar-refractivity contribution in [2.75, 3.05) is 4.90 Å². The molecule has 0 aliphatic carbocycles. The summed E-state index contributed by atoms with van der Waals surface area (Å²) in [5.74, 6) is 0. The van der Waals surface area contributed by atoms with Gasteiger partial charge in [-0.2, -0.15) is 0 Å². The van der Waals surface area contributed by atoms with Gasteiger partial charge in [-0.3, -0.25) is 0 Å². The molecule has 1 nitrogen and oxygen atoms in total. The van der Waals surface area contributed by atoms with Crippen molar-refractivity contribution in [3.8, 4) is 11.1 Å². The molecule has 5 aromatic carbocycles. The number of hydrogen-bond acceptors (Lipinski definition) is 1. The predicted molar refractivity (Wildman–Crippen MR) is 132 cm³/mol. The Bertz CT molecular complexity index is 1290. The number of rotatable bonds is 4. The van der Waals surface area contributed by atoms with Gasteiger partial charge in [0.25, 0.3) is 0 Å². The summed E-state index contributed by atoms with van der Waals surface area (Å²) >= 11 is 3.64. The molecule has 0 amide bonds. The van der Waals surface area contributed by atoms with Gasteiger partial charge in [0.15, 0.2) is 0 Å². The van der Waals surface area contributed by atoms with Gasteiger partial charge in [0.2, 0.25) is 0 Å². The molecule has 0 fully saturated rings. The van der Waals surface area contributed by atoms with Crippen LogP contribution >= 0.6 is 15.9 Å². The number of fused-ring (bicyclic) bond motifs is 1. The van der Waals surface area contributed by atoms with E-state index in [1.165, 1.54) is 27.6 Å². The Hall–Kier alpha value is -3.36. The fourth-order valence-electron chi connectivity index (χ4n) is 3.88. The third-order valence-electron chi connectivity index (χ3n) is 5.31. The molecule has 0 aromatic heterocycles. The van der Waals surface area contributed by atoms with Gasteiger partial charge in [0, 0.05) is 21.2 Å². The number of benzene rings is 5. The largest absolute Gasteiger partial charge is 0.310 e. The van der Waals surface area contributed by atoms with E-state index in [4.69, 9.17) is 0 Å².